The lowest BCUT2D eigenvalue weighted by Gasteiger charge is -2.36. The van der Waals surface area contributed by atoms with Crippen molar-refractivity contribution in [3.05, 3.63) is 59.7 Å². The lowest BCUT2D eigenvalue weighted by atomic mass is 9.85. The maximum absolute atomic E-state index is 12.3. The molecule has 2 aliphatic heterocycles. The first-order chi connectivity index (χ1) is 24.2. The summed E-state index contributed by atoms with van der Waals surface area (Å²) in [6.45, 7) is 18.3. The third-order valence-electron chi connectivity index (χ3n) is 9.08. The van der Waals surface area contributed by atoms with Crippen molar-refractivity contribution in [2.24, 2.45) is 21.1 Å². The van der Waals surface area contributed by atoms with Gasteiger partial charge in [-0.25, -0.2) is 0 Å². The molecule has 2 aromatic rings. The van der Waals surface area contributed by atoms with Crippen LogP contribution in [0.1, 0.15) is 105 Å². The van der Waals surface area contributed by atoms with E-state index in [0.717, 1.165) is 22.6 Å². The van der Waals surface area contributed by atoms with E-state index in [9.17, 15) is 9.59 Å². The Morgan fingerprint density at radius 2 is 0.942 bits per heavy atom. The molecule has 0 saturated heterocycles. The van der Waals surface area contributed by atoms with E-state index in [1.54, 1.807) is 28.4 Å². The average Bonchev–Trinajstić information content (AvgIpc) is 3.11. The van der Waals surface area contributed by atoms with Crippen LogP contribution >= 0.6 is 0 Å². The van der Waals surface area contributed by atoms with E-state index < -0.39 is 34.6 Å². The number of hydrogen-bond acceptors (Lipinski definition) is 12. The lowest BCUT2D eigenvalue weighted by molar-refractivity contribution is -0.222. The van der Waals surface area contributed by atoms with E-state index in [2.05, 4.69) is 10.3 Å². The number of rotatable bonds is 10. The van der Waals surface area contributed by atoms with Gasteiger partial charge in [0.05, 0.1) is 25.0 Å². The van der Waals surface area contributed by atoms with Gasteiger partial charge in [0.25, 0.3) is 0 Å². The summed E-state index contributed by atoms with van der Waals surface area (Å²) in [7, 11) is 6.45. The quantitative estimate of drug-likeness (QED) is 0.224. The highest BCUT2D eigenvalue weighted by Crippen LogP contribution is 2.38. The van der Waals surface area contributed by atoms with Crippen LogP contribution in [0.15, 0.2) is 58.8 Å². The summed E-state index contributed by atoms with van der Waals surface area (Å²) in [5.41, 5.74) is 2.25. The van der Waals surface area contributed by atoms with Crippen molar-refractivity contribution >= 4 is 23.4 Å². The van der Waals surface area contributed by atoms with E-state index in [4.69, 9.17) is 38.1 Å². The molecule has 6 atom stereocenters. The first-order valence-corrected chi connectivity index (χ1v) is 17.5. The molecule has 0 spiro atoms. The summed E-state index contributed by atoms with van der Waals surface area (Å²) in [5, 5.41) is 8.54. The highest BCUT2D eigenvalue weighted by atomic mass is 16.8. The second-order valence-electron chi connectivity index (χ2n) is 15.5. The molecule has 52 heavy (non-hydrogen) atoms. The van der Waals surface area contributed by atoms with Crippen LogP contribution in [0.4, 0.5) is 0 Å². The lowest BCUT2D eigenvalue weighted by Crippen LogP contribution is -2.42. The number of nitrogens with zero attached hydrogens (tertiary/aromatic N) is 2. The molecule has 2 aliphatic rings. The summed E-state index contributed by atoms with van der Waals surface area (Å²) >= 11 is 0. The zero-order valence-corrected chi connectivity index (χ0v) is 33.3. The topological polar surface area (TPSA) is 133 Å². The van der Waals surface area contributed by atoms with Crippen molar-refractivity contribution < 1.29 is 47.7 Å². The monoisotopic (exact) mass is 726 g/mol. The molecule has 0 saturated carbocycles. The summed E-state index contributed by atoms with van der Waals surface area (Å²) < 4.78 is 32.7. The average molecular weight is 727 g/mol. The van der Waals surface area contributed by atoms with Crippen LogP contribution in [-0.4, -0.2) is 75.6 Å². The summed E-state index contributed by atoms with van der Waals surface area (Å²) in [6, 6.07) is 15.5. The molecule has 12 heteroatoms. The summed E-state index contributed by atoms with van der Waals surface area (Å²) in [4.78, 5) is 35.7. The Labute approximate surface area is 309 Å². The van der Waals surface area contributed by atoms with Crippen LogP contribution in [0.2, 0.25) is 0 Å². The van der Waals surface area contributed by atoms with Gasteiger partial charge >= 0.3 is 11.9 Å². The zero-order valence-electron chi connectivity index (χ0n) is 33.3. The van der Waals surface area contributed by atoms with Crippen LogP contribution in [0.5, 0.6) is 11.5 Å². The molecule has 0 aliphatic carbocycles. The summed E-state index contributed by atoms with van der Waals surface area (Å²) in [5.74, 6) is -0.849. The van der Waals surface area contributed by atoms with Crippen LogP contribution in [0.3, 0.4) is 0 Å². The van der Waals surface area contributed by atoms with Crippen molar-refractivity contribution in [2.75, 3.05) is 28.4 Å². The van der Waals surface area contributed by atoms with Gasteiger partial charge in [-0.05, 0) is 90.8 Å². The molecule has 0 aromatic heterocycles. The number of ether oxygens (including phenoxy) is 6. The standard InChI is InChI=1S/2C20H29NO5/c2*1-13(25-18(22)19(2,3)4)17-16(12-20(5,24-7)26-21-17)14-8-10-15(23-6)11-9-14/h2*8-11,13,16H,12H2,1-7H3/t2*13-,16-,20-/m00/s1. The molecule has 288 valence electrons. The molecule has 0 fully saturated rings. The molecule has 0 unspecified atom stereocenters. The second-order valence-corrected chi connectivity index (χ2v) is 15.5. The van der Waals surface area contributed by atoms with Gasteiger partial charge in [-0.2, -0.15) is 0 Å². The minimum Gasteiger partial charge on any atom is -0.497 e. The Balaban J connectivity index is 0.000000280. The zero-order chi connectivity index (χ0) is 39.1. The van der Waals surface area contributed by atoms with Crippen molar-refractivity contribution in [3.63, 3.8) is 0 Å². The highest BCUT2D eigenvalue weighted by molar-refractivity contribution is 5.97. The van der Waals surface area contributed by atoms with E-state index in [1.165, 1.54) is 0 Å². The number of carbonyl (C=O) groups excluding carboxylic acids is 2. The molecule has 0 N–H and O–H groups in total. The number of hydrogen-bond donors (Lipinski definition) is 0. The second kappa shape index (κ2) is 17.1. The number of carbonyl (C=O) groups is 2. The van der Waals surface area contributed by atoms with Gasteiger partial charge in [0.1, 0.15) is 35.1 Å². The number of esters is 2. The maximum atomic E-state index is 12.3. The Morgan fingerprint density at radius 1 is 0.635 bits per heavy atom. The van der Waals surface area contributed by atoms with Gasteiger partial charge in [-0.1, -0.05) is 34.6 Å². The van der Waals surface area contributed by atoms with Gasteiger partial charge in [0.15, 0.2) is 0 Å². The molecule has 0 amide bonds. The van der Waals surface area contributed by atoms with Crippen LogP contribution in [-0.2, 0) is 38.2 Å². The fourth-order valence-electron chi connectivity index (χ4n) is 5.45. The Hall–Kier alpha value is -4.16. The van der Waals surface area contributed by atoms with E-state index >= 15 is 0 Å². The molecule has 0 radical (unpaired) electrons. The number of benzene rings is 2. The predicted molar refractivity (Wildman–Crippen MR) is 199 cm³/mol. The van der Waals surface area contributed by atoms with E-state index in [0.29, 0.717) is 24.3 Å². The normalized spacial score (nSPS) is 24.3. The van der Waals surface area contributed by atoms with Gasteiger partial charge in [-0.3, -0.25) is 9.59 Å². The highest BCUT2D eigenvalue weighted by Gasteiger charge is 2.42. The molecule has 12 nitrogen and oxygen atoms in total. The minimum atomic E-state index is -0.831. The first-order valence-electron chi connectivity index (χ1n) is 17.5. The molecular formula is C40H58N2O10. The van der Waals surface area contributed by atoms with Gasteiger partial charge < -0.3 is 38.1 Å². The molecular weight excluding hydrogens is 668 g/mol. The van der Waals surface area contributed by atoms with E-state index in [1.807, 2.05) is 118 Å². The van der Waals surface area contributed by atoms with Crippen molar-refractivity contribution in [1.29, 1.82) is 0 Å². The molecule has 0 bridgehead atoms. The largest absolute Gasteiger partial charge is 0.497 e. The molecule has 4 rings (SSSR count). The van der Waals surface area contributed by atoms with Crippen LogP contribution in [0.25, 0.3) is 0 Å². The Bertz CT molecular complexity index is 1440. The predicted octanol–water partition coefficient (Wildman–Crippen LogP) is 7.79. The Kier molecular flexibility index (Phi) is 13.9. The minimum absolute atomic E-state index is 0.0950. The van der Waals surface area contributed by atoms with Crippen molar-refractivity contribution in [3.8, 4) is 11.5 Å². The third-order valence-corrected chi connectivity index (χ3v) is 9.08. The molecule has 2 aromatic carbocycles. The van der Waals surface area contributed by atoms with E-state index in [-0.39, 0.29) is 23.8 Å². The van der Waals surface area contributed by atoms with Crippen molar-refractivity contribution in [2.45, 2.75) is 118 Å². The molecule has 2 heterocycles. The van der Waals surface area contributed by atoms with Crippen LogP contribution < -0.4 is 9.47 Å². The van der Waals surface area contributed by atoms with Gasteiger partial charge in [-0.15, -0.1) is 0 Å². The fraction of sp³-hybridized carbons (Fsp3) is 0.600. The van der Waals surface area contributed by atoms with Crippen molar-refractivity contribution in [1.82, 2.24) is 0 Å². The first kappa shape index (κ1) is 42.3. The number of oxime groups is 2. The SMILES string of the molecule is COc1ccc([C@@H]2C[C@@](C)(OC)ON=C2[C@H](C)OC(=O)C(C)(C)C)cc1.COc1ccc([C@@H]2C[C@@](C)(OC)ON=C2[C@H](C)OC(=O)C(C)(C)C)cc1. The van der Waals surface area contributed by atoms with Crippen LogP contribution in [0, 0.1) is 10.8 Å². The fourth-order valence-corrected chi connectivity index (χ4v) is 5.45. The third kappa shape index (κ3) is 10.9. The van der Waals surface area contributed by atoms with Gasteiger partial charge in [0.2, 0.25) is 11.6 Å². The maximum Gasteiger partial charge on any atom is 0.311 e. The smallest absolute Gasteiger partial charge is 0.311 e. The Morgan fingerprint density at radius 3 is 1.19 bits per heavy atom. The van der Waals surface area contributed by atoms with Gasteiger partial charge in [0, 0.05) is 52.7 Å². The number of methoxy groups -OCH3 is 4. The summed E-state index contributed by atoms with van der Waals surface area (Å²) in [6.07, 6.45) is 0.114.